The van der Waals surface area contributed by atoms with Crippen LogP contribution < -0.4 is 10.6 Å². The second kappa shape index (κ2) is 12.7. The molecule has 7 rings (SSSR count). The molecule has 4 aromatic rings. The van der Waals surface area contributed by atoms with Crippen LogP contribution in [0.4, 0.5) is 11.4 Å². The molecular formula is C34H40ClN9O4. The summed E-state index contributed by atoms with van der Waals surface area (Å²) >= 11 is 6.88. The number of anilines is 2. The summed E-state index contributed by atoms with van der Waals surface area (Å²) in [7, 11) is 5.78. The average Bonchev–Trinajstić information content (AvgIpc) is 3.56. The van der Waals surface area contributed by atoms with Gasteiger partial charge in [0.05, 0.1) is 53.0 Å². The standard InChI is InChI=1S/C34H40ClN9O4/c1-20-21(29-28(35)23(8-11-36-29)40-33(47)31-37-24-14-41(2)12-9-26(24)42(31)3)6-5-7-22(20)39-32(46)30-38-25-15-44(13-10-27(25)43(30)4)16-34(17-45)18-48-19-34/h5-8,11,45H,9-10,12-19H2,1-4H3,(H,39,46)(H,36,40,47). The highest BCUT2D eigenvalue weighted by molar-refractivity contribution is 6.36. The van der Waals surface area contributed by atoms with Crippen LogP contribution >= 0.6 is 11.6 Å². The SMILES string of the molecule is Cc1c(NC(=O)c2nc3c(n2C)CCN(CC2(CO)COC2)C3)cccc1-c1nccc(NC(=O)c2nc3c(n2C)CCN(C)C3)c1Cl. The first-order chi connectivity index (χ1) is 23.1. The van der Waals surface area contributed by atoms with E-state index in [4.69, 9.17) is 21.3 Å². The number of carbonyl (C=O) groups is 2. The van der Waals surface area contributed by atoms with E-state index in [9.17, 15) is 14.7 Å². The molecular weight excluding hydrogens is 634 g/mol. The third kappa shape index (κ3) is 5.79. The summed E-state index contributed by atoms with van der Waals surface area (Å²) in [5.41, 5.74) is 6.67. The summed E-state index contributed by atoms with van der Waals surface area (Å²) in [6.45, 7) is 6.90. The van der Waals surface area contributed by atoms with E-state index in [1.165, 1.54) is 0 Å². The minimum atomic E-state index is -0.350. The van der Waals surface area contributed by atoms with Gasteiger partial charge < -0.3 is 34.5 Å². The normalized spacial score (nSPS) is 17.4. The molecule has 2 amide bonds. The molecule has 1 fully saturated rings. The van der Waals surface area contributed by atoms with Gasteiger partial charge >= 0.3 is 0 Å². The Hall–Kier alpha value is -4.14. The Balaban J connectivity index is 1.08. The summed E-state index contributed by atoms with van der Waals surface area (Å²) in [6, 6.07) is 7.21. The minimum absolute atomic E-state index is 0.0923. The quantitative estimate of drug-likeness (QED) is 0.257. The topological polar surface area (TPSA) is 143 Å². The maximum Gasteiger partial charge on any atom is 0.291 e. The van der Waals surface area contributed by atoms with Crippen LogP contribution in [0.1, 0.15) is 49.6 Å². The fourth-order valence-corrected chi connectivity index (χ4v) is 7.25. The zero-order valence-corrected chi connectivity index (χ0v) is 28.4. The molecule has 0 radical (unpaired) electrons. The zero-order chi connectivity index (χ0) is 33.7. The van der Waals surface area contributed by atoms with Gasteiger partial charge in [0.2, 0.25) is 0 Å². The largest absolute Gasteiger partial charge is 0.396 e. The van der Waals surface area contributed by atoms with Gasteiger partial charge in [0.15, 0.2) is 11.6 Å². The smallest absolute Gasteiger partial charge is 0.291 e. The molecule has 0 aliphatic carbocycles. The van der Waals surface area contributed by atoms with Crippen molar-refractivity contribution in [3.05, 3.63) is 75.5 Å². The maximum atomic E-state index is 13.6. The van der Waals surface area contributed by atoms with Crippen LogP contribution in [0.15, 0.2) is 30.5 Å². The van der Waals surface area contributed by atoms with Crippen LogP contribution in [0.3, 0.4) is 0 Å². The molecule has 3 N–H and O–H groups in total. The lowest BCUT2D eigenvalue weighted by atomic mass is 9.86. The van der Waals surface area contributed by atoms with E-state index in [1.54, 1.807) is 12.3 Å². The first-order valence-corrected chi connectivity index (χ1v) is 16.5. The molecule has 0 unspecified atom stereocenters. The van der Waals surface area contributed by atoms with Crippen molar-refractivity contribution >= 4 is 34.8 Å². The molecule has 1 aromatic carbocycles. The molecule has 6 heterocycles. The number of aliphatic hydroxyl groups is 1. The van der Waals surface area contributed by atoms with Gasteiger partial charge in [-0.15, -0.1) is 0 Å². The summed E-state index contributed by atoms with van der Waals surface area (Å²) in [6.07, 6.45) is 3.19. The van der Waals surface area contributed by atoms with E-state index < -0.39 is 0 Å². The lowest BCUT2D eigenvalue weighted by Gasteiger charge is -2.44. The average molecular weight is 674 g/mol. The molecule has 3 aliphatic rings. The summed E-state index contributed by atoms with van der Waals surface area (Å²) in [5, 5.41) is 16.1. The zero-order valence-electron chi connectivity index (χ0n) is 27.6. The second-order valence-electron chi connectivity index (χ2n) is 13.3. The highest BCUT2D eigenvalue weighted by atomic mass is 35.5. The Kier molecular flexibility index (Phi) is 8.58. The molecule has 48 heavy (non-hydrogen) atoms. The molecule has 0 bridgehead atoms. The Morgan fingerprint density at radius 3 is 2.23 bits per heavy atom. The van der Waals surface area contributed by atoms with Gasteiger partial charge in [0, 0.05) is 88.5 Å². The van der Waals surface area contributed by atoms with E-state index in [2.05, 4.69) is 30.4 Å². The molecule has 3 aliphatic heterocycles. The summed E-state index contributed by atoms with van der Waals surface area (Å²) in [5.74, 6) is -0.00515. The van der Waals surface area contributed by atoms with E-state index in [1.807, 2.05) is 55.4 Å². The molecule has 252 valence electrons. The fourth-order valence-electron chi connectivity index (χ4n) is 6.99. The van der Waals surface area contributed by atoms with Gasteiger partial charge in [-0.25, -0.2) is 9.97 Å². The van der Waals surface area contributed by atoms with Crippen LogP contribution in [-0.2, 0) is 44.8 Å². The van der Waals surface area contributed by atoms with Crippen molar-refractivity contribution in [2.45, 2.75) is 32.9 Å². The highest BCUT2D eigenvalue weighted by Crippen LogP contribution is 2.36. The van der Waals surface area contributed by atoms with Gasteiger partial charge in [0.25, 0.3) is 11.8 Å². The van der Waals surface area contributed by atoms with Crippen molar-refractivity contribution in [1.82, 2.24) is 33.9 Å². The minimum Gasteiger partial charge on any atom is -0.396 e. The maximum absolute atomic E-state index is 13.6. The number of rotatable bonds is 8. The van der Waals surface area contributed by atoms with E-state index in [0.29, 0.717) is 55.0 Å². The van der Waals surface area contributed by atoms with Crippen LogP contribution in [-0.4, -0.2) is 97.3 Å². The van der Waals surface area contributed by atoms with Crippen LogP contribution in [0, 0.1) is 12.3 Å². The number of benzene rings is 1. The van der Waals surface area contributed by atoms with Gasteiger partial charge in [-0.2, -0.15) is 0 Å². The predicted octanol–water partition coefficient (Wildman–Crippen LogP) is 3.04. The summed E-state index contributed by atoms with van der Waals surface area (Å²) in [4.78, 5) is 45.3. The number of amides is 2. The van der Waals surface area contributed by atoms with Crippen molar-refractivity contribution < 1.29 is 19.4 Å². The van der Waals surface area contributed by atoms with Gasteiger partial charge in [-0.1, -0.05) is 23.7 Å². The number of aromatic nitrogens is 5. The number of likely N-dealkylation sites (N-methyl/N-ethyl adjacent to an activating group) is 1. The molecule has 1 saturated heterocycles. The molecule has 0 spiro atoms. The van der Waals surface area contributed by atoms with Gasteiger partial charge in [0.1, 0.15) is 0 Å². The number of carbonyl (C=O) groups excluding carboxylic acids is 2. The number of ether oxygens (including phenoxy) is 1. The van der Waals surface area contributed by atoms with Crippen LogP contribution in [0.25, 0.3) is 11.3 Å². The Bertz CT molecular complexity index is 1910. The molecule has 14 heteroatoms. The third-order valence-corrected chi connectivity index (χ3v) is 10.3. The van der Waals surface area contributed by atoms with Crippen molar-refractivity contribution in [2.24, 2.45) is 19.5 Å². The van der Waals surface area contributed by atoms with E-state index in [0.717, 1.165) is 66.4 Å². The lowest BCUT2D eigenvalue weighted by Crippen LogP contribution is -2.54. The highest BCUT2D eigenvalue weighted by Gasteiger charge is 2.40. The molecule has 0 atom stereocenters. The van der Waals surface area contributed by atoms with Crippen LogP contribution in [0.2, 0.25) is 5.02 Å². The number of halogens is 1. The van der Waals surface area contributed by atoms with Crippen molar-refractivity contribution in [1.29, 1.82) is 0 Å². The van der Waals surface area contributed by atoms with Crippen molar-refractivity contribution in [3.8, 4) is 11.3 Å². The second-order valence-corrected chi connectivity index (χ2v) is 13.7. The van der Waals surface area contributed by atoms with Gasteiger partial charge in [-0.3, -0.25) is 19.5 Å². The first kappa shape index (κ1) is 32.4. The van der Waals surface area contributed by atoms with Crippen molar-refractivity contribution in [3.63, 3.8) is 0 Å². The van der Waals surface area contributed by atoms with E-state index >= 15 is 0 Å². The number of hydrogen-bond acceptors (Lipinski definition) is 9. The summed E-state index contributed by atoms with van der Waals surface area (Å²) < 4.78 is 9.10. The first-order valence-electron chi connectivity index (χ1n) is 16.1. The van der Waals surface area contributed by atoms with Gasteiger partial charge in [-0.05, 0) is 31.7 Å². The Morgan fingerprint density at radius 1 is 0.938 bits per heavy atom. The lowest BCUT2D eigenvalue weighted by molar-refractivity contribution is -0.149. The number of nitrogens with zero attached hydrogens (tertiary/aromatic N) is 7. The number of hydrogen-bond donors (Lipinski definition) is 3. The molecule has 13 nitrogen and oxygen atoms in total. The van der Waals surface area contributed by atoms with Crippen LogP contribution in [0.5, 0.6) is 0 Å². The fraction of sp³-hybridized carbons (Fsp3) is 0.441. The molecule has 0 saturated carbocycles. The van der Waals surface area contributed by atoms with E-state index in [-0.39, 0.29) is 28.9 Å². The monoisotopic (exact) mass is 673 g/mol. The number of imidazole rings is 2. The molecule has 3 aromatic heterocycles. The van der Waals surface area contributed by atoms with Crippen molar-refractivity contribution in [2.75, 3.05) is 57.1 Å². The third-order valence-electron chi connectivity index (χ3n) is 9.87. The Labute approximate surface area is 283 Å². The Morgan fingerprint density at radius 2 is 1.58 bits per heavy atom. The number of aliphatic hydroxyl groups excluding tert-OH is 1. The number of pyridine rings is 1. The number of nitrogens with one attached hydrogen (secondary N) is 2. The predicted molar refractivity (Wildman–Crippen MR) is 181 cm³/mol. The number of fused-ring (bicyclic) bond motifs is 2.